The number of rotatable bonds is 2. The van der Waals surface area contributed by atoms with Crippen molar-refractivity contribution in [2.24, 2.45) is 0 Å². The van der Waals surface area contributed by atoms with Crippen LogP contribution in [0.3, 0.4) is 0 Å². The van der Waals surface area contributed by atoms with Gasteiger partial charge < -0.3 is 14.1 Å². The molecule has 0 saturated heterocycles. The van der Waals surface area contributed by atoms with E-state index in [1.807, 2.05) is 0 Å². The van der Waals surface area contributed by atoms with Crippen molar-refractivity contribution in [3.8, 4) is 22.3 Å². The lowest BCUT2D eigenvalue weighted by Gasteiger charge is -2.51. The monoisotopic (exact) mass is 732 g/mol. The molecule has 1 aromatic heterocycles. The van der Waals surface area contributed by atoms with E-state index in [2.05, 4.69) is 202 Å². The molecule has 3 aliphatic heterocycles. The van der Waals surface area contributed by atoms with Gasteiger partial charge in [-0.25, -0.2) is 0 Å². The van der Waals surface area contributed by atoms with Crippen molar-refractivity contribution in [2.75, 3.05) is 9.71 Å². The maximum atomic E-state index is 6.75. The normalized spacial score (nSPS) is 14.8. The maximum absolute atomic E-state index is 6.75. The van der Waals surface area contributed by atoms with Crippen LogP contribution in [0.5, 0.6) is 0 Å². The quantitative estimate of drug-likeness (QED) is 0.165. The van der Waals surface area contributed by atoms with Crippen molar-refractivity contribution in [1.29, 1.82) is 0 Å². The summed E-state index contributed by atoms with van der Waals surface area (Å²) in [5, 5.41) is 4.76. The van der Waals surface area contributed by atoms with E-state index in [9.17, 15) is 0 Å². The molecule has 8 aromatic carbocycles. The van der Waals surface area contributed by atoms with Gasteiger partial charge in [0.2, 0.25) is 0 Å². The highest BCUT2D eigenvalue weighted by atomic mass is 16.3. The average molecular weight is 733 g/mol. The lowest BCUT2D eigenvalue weighted by atomic mass is 9.42. The zero-order valence-electron chi connectivity index (χ0n) is 32.9. The van der Waals surface area contributed by atoms with Gasteiger partial charge in [0.1, 0.15) is 11.2 Å². The molecule has 3 aliphatic rings. The van der Waals surface area contributed by atoms with Crippen molar-refractivity contribution in [1.82, 2.24) is 0 Å². The molecule has 3 nitrogen and oxygen atoms in total. The molecule has 57 heavy (non-hydrogen) atoms. The standard InChI is InChI=1S/C53H41BN2O/c1-52(2,3)34-26-27-44(38(29-34)32-16-7-6-8-17-32)55-46-31-48-39(36-20-11-14-25-47(36)57-48)30-43(46)54-49-40(28-33-18-9-10-19-35(33)51(49)55)37-21-15-23-42-50(37)56(54)45-24-13-12-22-41(45)53(42,4)5/h6-31H,1-5H3. The van der Waals surface area contributed by atoms with Crippen LogP contribution in [0, 0.1) is 0 Å². The highest BCUT2D eigenvalue weighted by Gasteiger charge is 2.50. The Morgan fingerprint density at radius 2 is 1.26 bits per heavy atom. The summed E-state index contributed by atoms with van der Waals surface area (Å²) in [7, 11) is 0. The maximum Gasteiger partial charge on any atom is 0.333 e. The summed E-state index contributed by atoms with van der Waals surface area (Å²) < 4.78 is 6.75. The summed E-state index contributed by atoms with van der Waals surface area (Å²) >= 11 is 0. The smallest absolute Gasteiger partial charge is 0.333 e. The lowest BCUT2D eigenvalue weighted by molar-refractivity contribution is 0.590. The minimum Gasteiger partial charge on any atom is -0.456 e. The van der Waals surface area contributed by atoms with Crippen LogP contribution in [0.1, 0.15) is 51.3 Å². The van der Waals surface area contributed by atoms with E-state index in [-0.39, 0.29) is 17.7 Å². The Morgan fingerprint density at radius 1 is 0.526 bits per heavy atom. The molecule has 0 aliphatic carbocycles. The first-order valence-electron chi connectivity index (χ1n) is 20.2. The Balaban J connectivity index is 1.28. The highest BCUT2D eigenvalue weighted by Crippen LogP contribution is 2.57. The zero-order valence-corrected chi connectivity index (χ0v) is 32.9. The minimum absolute atomic E-state index is 0.0249. The predicted octanol–water partition coefficient (Wildman–Crippen LogP) is 13.1. The van der Waals surface area contributed by atoms with Crippen LogP contribution in [0.2, 0.25) is 0 Å². The number of hydrogen-bond acceptors (Lipinski definition) is 3. The van der Waals surface area contributed by atoms with Gasteiger partial charge in [-0.3, -0.25) is 0 Å². The number of nitrogens with zero attached hydrogens (tertiary/aromatic N) is 2. The third kappa shape index (κ3) is 4.39. The molecule has 12 rings (SSSR count). The van der Waals surface area contributed by atoms with Crippen LogP contribution in [0.15, 0.2) is 162 Å². The number of benzene rings is 8. The average Bonchev–Trinajstić information content (AvgIpc) is 3.59. The van der Waals surface area contributed by atoms with Crippen LogP contribution in [-0.2, 0) is 10.8 Å². The molecular formula is C53H41BN2O. The zero-order chi connectivity index (χ0) is 38.4. The fourth-order valence-electron chi connectivity index (χ4n) is 10.4. The van der Waals surface area contributed by atoms with E-state index >= 15 is 0 Å². The van der Waals surface area contributed by atoms with E-state index in [4.69, 9.17) is 4.42 Å². The van der Waals surface area contributed by atoms with E-state index in [0.29, 0.717) is 0 Å². The first-order chi connectivity index (χ1) is 27.7. The second kappa shape index (κ2) is 11.3. The van der Waals surface area contributed by atoms with Crippen LogP contribution < -0.4 is 20.6 Å². The summed E-state index contributed by atoms with van der Waals surface area (Å²) in [6.45, 7) is 11.6. The molecule has 0 radical (unpaired) electrons. The van der Waals surface area contributed by atoms with Crippen LogP contribution in [0.4, 0.5) is 28.4 Å². The number of anilines is 5. The van der Waals surface area contributed by atoms with Crippen molar-refractivity contribution < 1.29 is 4.42 Å². The highest BCUT2D eigenvalue weighted by molar-refractivity contribution is 6.94. The fourth-order valence-corrected chi connectivity index (χ4v) is 10.4. The van der Waals surface area contributed by atoms with Gasteiger partial charge in [0, 0.05) is 55.8 Å². The summed E-state index contributed by atoms with van der Waals surface area (Å²) in [5.74, 6) is 0. The van der Waals surface area contributed by atoms with Gasteiger partial charge in [0.25, 0.3) is 0 Å². The molecule has 0 N–H and O–H groups in total. The molecule has 0 fully saturated rings. The van der Waals surface area contributed by atoms with Crippen LogP contribution in [-0.4, -0.2) is 6.85 Å². The number of hydrogen-bond donors (Lipinski definition) is 0. The lowest BCUT2D eigenvalue weighted by Crippen LogP contribution is -2.63. The predicted molar refractivity (Wildman–Crippen MR) is 241 cm³/mol. The molecule has 0 amide bonds. The molecule has 0 unspecified atom stereocenters. The third-order valence-corrected chi connectivity index (χ3v) is 13.1. The number of para-hydroxylation sites is 3. The summed E-state index contributed by atoms with van der Waals surface area (Å²) in [4.78, 5) is 5.28. The van der Waals surface area contributed by atoms with Gasteiger partial charge in [-0.15, -0.1) is 0 Å². The molecular weight excluding hydrogens is 691 g/mol. The molecule has 4 heteroatoms. The molecule has 0 atom stereocenters. The van der Waals surface area contributed by atoms with E-state index < -0.39 is 0 Å². The van der Waals surface area contributed by atoms with E-state index in [1.165, 1.54) is 77.7 Å². The Kier molecular flexibility index (Phi) is 6.48. The second-order valence-corrected chi connectivity index (χ2v) is 17.7. The third-order valence-electron chi connectivity index (χ3n) is 13.1. The second-order valence-electron chi connectivity index (χ2n) is 17.7. The Labute approximate surface area is 333 Å². The van der Waals surface area contributed by atoms with E-state index in [1.54, 1.807) is 0 Å². The van der Waals surface area contributed by atoms with Gasteiger partial charge in [0.15, 0.2) is 0 Å². The van der Waals surface area contributed by atoms with Gasteiger partial charge in [0.05, 0.1) is 11.4 Å². The fraction of sp³-hybridized carbons (Fsp3) is 0.132. The van der Waals surface area contributed by atoms with Crippen molar-refractivity contribution >= 4 is 78.9 Å². The van der Waals surface area contributed by atoms with Crippen molar-refractivity contribution in [2.45, 2.75) is 45.4 Å². The molecule has 272 valence electrons. The first kappa shape index (κ1) is 32.7. The van der Waals surface area contributed by atoms with Gasteiger partial charge >= 0.3 is 6.85 Å². The van der Waals surface area contributed by atoms with Gasteiger partial charge in [-0.05, 0) is 79.9 Å². The van der Waals surface area contributed by atoms with Crippen LogP contribution >= 0.6 is 0 Å². The number of fused-ring (bicyclic) bond motifs is 11. The Hall–Kier alpha value is -6.52. The number of furan rings is 1. The molecule has 4 heterocycles. The van der Waals surface area contributed by atoms with Gasteiger partial charge in [-0.2, -0.15) is 0 Å². The molecule has 0 bridgehead atoms. The molecule has 0 spiro atoms. The Bertz CT molecular complexity index is 3170. The summed E-state index contributed by atoms with van der Waals surface area (Å²) in [6.07, 6.45) is 0. The topological polar surface area (TPSA) is 19.6 Å². The summed E-state index contributed by atoms with van der Waals surface area (Å²) in [5.41, 5.74) is 19.4. The van der Waals surface area contributed by atoms with Crippen molar-refractivity contribution in [3.05, 3.63) is 174 Å². The van der Waals surface area contributed by atoms with Gasteiger partial charge in [-0.1, -0.05) is 156 Å². The van der Waals surface area contributed by atoms with Crippen molar-refractivity contribution in [3.63, 3.8) is 0 Å². The van der Waals surface area contributed by atoms with E-state index in [0.717, 1.165) is 33.3 Å². The minimum atomic E-state index is -0.177. The SMILES string of the molecule is CC(C)(C)c1ccc(N2c3cc4oc5ccccc5c4cc3B3c4c(cc5ccccc5c42)-c2cccc4c2N3c2ccccc2C4(C)C)c(-c2ccccc2)c1. The largest absolute Gasteiger partial charge is 0.456 e. The summed E-state index contributed by atoms with van der Waals surface area (Å²) in [6, 6.07) is 58.9. The first-order valence-corrected chi connectivity index (χ1v) is 20.2. The Morgan fingerprint density at radius 3 is 2.11 bits per heavy atom. The van der Waals surface area contributed by atoms with Crippen LogP contribution in [0.25, 0.3) is 55.0 Å². The molecule has 0 saturated carbocycles. The molecule has 9 aromatic rings.